The van der Waals surface area contributed by atoms with E-state index in [1.807, 2.05) is 6.07 Å². The number of nitrogens with zero attached hydrogens (tertiary/aromatic N) is 1. The van der Waals surface area contributed by atoms with Crippen LogP contribution in [0.2, 0.25) is 0 Å². The summed E-state index contributed by atoms with van der Waals surface area (Å²) in [6.07, 6.45) is -5.01. The summed E-state index contributed by atoms with van der Waals surface area (Å²) in [5, 5.41) is 41.8. The van der Waals surface area contributed by atoms with Gasteiger partial charge in [-0.25, -0.2) is 4.98 Å². The molecule has 1 aliphatic rings. The van der Waals surface area contributed by atoms with Gasteiger partial charge in [0, 0.05) is 5.56 Å². The summed E-state index contributed by atoms with van der Waals surface area (Å²) >= 11 is 1.07. The maximum Gasteiger partial charge on any atom is 0.204 e. The molecule has 0 spiro atoms. The largest absolute Gasteiger partial charge is 0.394 e. The fourth-order valence-electron chi connectivity index (χ4n) is 2.52. The Morgan fingerprint density at radius 1 is 1.16 bits per heavy atom. The topological polar surface area (TPSA) is 132 Å². The number of nitrogens with one attached hydrogen (secondary N) is 1. The Labute approximate surface area is 147 Å². The SMILES string of the molecule is O=C(c1ccccc1)c1cnc(N[C@H]2OC(CO)[C@@H](O)[C@H](O)C2O)s1. The Morgan fingerprint density at radius 3 is 2.56 bits per heavy atom. The van der Waals surface area contributed by atoms with Gasteiger partial charge in [-0.3, -0.25) is 4.79 Å². The Hall–Kier alpha value is -1.88. The molecule has 8 nitrogen and oxygen atoms in total. The Morgan fingerprint density at radius 2 is 1.88 bits per heavy atom. The zero-order chi connectivity index (χ0) is 18.0. The summed E-state index contributed by atoms with van der Waals surface area (Å²) in [6.45, 7) is -0.515. The minimum absolute atomic E-state index is 0.181. The van der Waals surface area contributed by atoms with E-state index in [1.54, 1.807) is 24.3 Å². The van der Waals surface area contributed by atoms with E-state index in [2.05, 4.69) is 10.3 Å². The van der Waals surface area contributed by atoms with Gasteiger partial charge < -0.3 is 30.5 Å². The maximum absolute atomic E-state index is 12.4. The van der Waals surface area contributed by atoms with Gasteiger partial charge in [-0.1, -0.05) is 41.7 Å². The summed E-state index contributed by atoms with van der Waals surface area (Å²) in [4.78, 5) is 16.8. The smallest absolute Gasteiger partial charge is 0.204 e. The molecule has 134 valence electrons. The molecule has 5 atom stereocenters. The predicted octanol–water partition coefficient (Wildman–Crippen LogP) is -0.414. The second-order valence-corrected chi connectivity index (χ2v) is 6.65. The fourth-order valence-corrected chi connectivity index (χ4v) is 3.32. The lowest BCUT2D eigenvalue weighted by molar-refractivity contribution is -0.221. The molecule has 2 unspecified atom stereocenters. The van der Waals surface area contributed by atoms with Crippen molar-refractivity contribution < 1.29 is 30.0 Å². The number of anilines is 1. The molecule has 1 aliphatic heterocycles. The third-order valence-electron chi connectivity index (χ3n) is 3.92. The van der Waals surface area contributed by atoms with Gasteiger partial charge in [0.25, 0.3) is 0 Å². The van der Waals surface area contributed by atoms with E-state index in [0.717, 1.165) is 11.3 Å². The van der Waals surface area contributed by atoms with E-state index in [9.17, 15) is 25.2 Å². The Bertz CT molecular complexity index is 722. The zero-order valence-electron chi connectivity index (χ0n) is 13.0. The highest BCUT2D eigenvalue weighted by Crippen LogP contribution is 2.26. The first kappa shape index (κ1) is 17.9. The van der Waals surface area contributed by atoms with E-state index in [4.69, 9.17) is 4.74 Å². The average Bonchev–Trinajstić information content (AvgIpc) is 3.11. The van der Waals surface area contributed by atoms with E-state index >= 15 is 0 Å². The fraction of sp³-hybridized carbons (Fsp3) is 0.375. The van der Waals surface area contributed by atoms with Gasteiger partial charge in [0.05, 0.1) is 17.7 Å². The molecule has 1 aromatic carbocycles. The van der Waals surface area contributed by atoms with Crippen LogP contribution in [-0.2, 0) is 4.74 Å². The number of ether oxygens (including phenoxy) is 1. The van der Waals surface area contributed by atoms with Gasteiger partial charge in [-0.05, 0) is 0 Å². The first-order chi connectivity index (χ1) is 12.0. The third-order valence-corrected chi connectivity index (χ3v) is 4.85. The van der Waals surface area contributed by atoms with Gasteiger partial charge in [0.1, 0.15) is 24.4 Å². The second kappa shape index (κ2) is 7.56. The van der Waals surface area contributed by atoms with E-state index in [-0.39, 0.29) is 5.78 Å². The van der Waals surface area contributed by atoms with Crippen molar-refractivity contribution in [3.8, 4) is 0 Å². The molecule has 9 heteroatoms. The second-order valence-electron chi connectivity index (χ2n) is 5.62. The van der Waals surface area contributed by atoms with Crippen molar-refractivity contribution in [3.63, 3.8) is 0 Å². The van der Waals surface area contributed by atoms with Crippen LogP contribution in [0, 0.1) is 0 Å². The quantitative estimate of drug-likeness (QED) is 0.451. The van der Waals surface area contributed by atoms with Crippen LogP contribution in [0.3, 0.4) is 0 Å². The van der Waals surface area contributed by atoms with Crippen molar-refractivity contribution in [2.24, 2.45) is 0 Å². The van der Waals surface area contributed by atoms with Gasteiger partial charge in [0.2, 0.25) is 5.78 Å². The lowest BCUT2D eigenvalue weighted by Gasteiger charge is -2.40. The van der Waals surface area contributed by atoms with Crippen LogP contribution in [0.25, 0.3) is 0 Å². The minimum Gasteiger partial charge on any atom is -0.394 e. The Balaban J connectivity index is 1.72. The summed E-state index contributed by atoms with van der Waals surface area (Å²) in [6, 6.07) is 8.75. The molecule has 1 saturated heterocycles. The highest BCUT2D eigenvalue weighted by Gasteiger charge is 2.43. The Kier molecular flexibility index (Phi) is 5.42. The summed E-state index contributed by atoms with van der Waals surface area (Å²) in [5.74, 6) is -0.181. The first-order valence-electron chi connectivity index (χ1n) is 7.64. The number of ketones is 1. The monoisotopic (exact) mass is 366 g/mol. The number of hydrogen-bond donors (Lipinski definition) is 5. The van der Waals surface area contributed by atoms with E-state index in [0.29, 0.717) is 15.6 Å². The molecule has 25 heavy (non-hydrogen) atoms. The molecule has 3 rings (SSSR count). The molecule has 0 amide bonds. The van der Waals surface area contributed by atoms with Crippen molar-refractivity contribution in [2.45, 2.75) is 30.6 Å². The molecule has 2 aromatic rings. The van der Waals surface area contributed by atoms with Crippen molar-refractivity contribution in [2.75, 3.05) is 11.9 Å². The van der Waals surface area contributed by atoms with E-state index < -0.39 is 37.3 Å². The van der Waals surface area contributed by atoms with Crippen molar-refractivity contribution in [1.82, 2.24) is 4.98 Å². The van der Waals surface area contributed by atoms with Crippen LogP contribution in [-0.4, -0.2) is 68.4 Å². The number of aliphatic hydroxyl groups is 4. The standard InChI is InChI=1S/C16H18N2O6S/c19-7-9-12(21)13(22)14(23)15(24-9)18-16-17-6-10(25-16)11(20)8-4-2-1-3-5-8/h1-6,9,12-15,19,21-23H,7H2,(H,17,18)/t9?,12-,13+,14?,15+/m1/s1. The number of carbonyl (C=O) groups excluding carboxylic acids is 1. The van der Waals surface area contributed by atoms with Crippen LogP contribution >= 0.6 is 11.3 Å². The number of aliphatic hydroxyl groups excluding tert-OH is 4. The molecule has 0 saturated carbocycles. The molecule has 0 aliphatic carbocycles. The summed E-state index contributed by atoms with van der Waals surface area (Å²) < 4.78 is 5.35. The lowest BCUT2D eigenvalue weighted by Crippen LogP contribution is -2.60. The van der Waals surface area contributed by atoms with Crippen molar-refractivity contribution >= 4 is 22.3 Å². The van der Waals surface area contributed by atoms with Crippen LogP contribution in [0.1, 0.15) is 15.2 Å². The molecule has 1 fully saturated rings. The normalized spacial score (nSPS) is 29.4. The van der Waals surface area contributed by atoms with Gasteiger partial charge in [0.15, 0.2) is 11.4 Å². The van der Waals surface area contributed by atoms with E-state index in [1.165, 1.54) is 6.20 Å². The number of hydrogen-bond acceptors (Lipinski definition) is 9. The molecule has 2 heterocycles. The lowest BCUT2D eigenvalue weighted by atomic mass is 9.98. The van der Waals surface area contributed by atoms with Crippen molar-refractivity contribution in [1.29, 1.82) is 0 Å². The number of benzene rings is 1. The first-order valence-corrected chi connectivity index (χ1v) is 8.45. The molecule has 0 bridgehead atoms. The molecular weight excluding hydrogens is 348 g/mol. The highest BCUT2D eigenvalue weighted by molar-refractivity contribution is 7.17. The zero-order valence-corrected chi connectivity index (χ0v) is 13.8. The number of thiazole rings is 1. The summed E-state index contributed by atoms with van der Waals surface area (Å²) in [7, 11) is 0. The number of aromatic nitrogens is 1. The van der Waals surface area contributed by atoms with Gasteiger partial charge >= 0.3 is 0 Å². The third kappa shape index (κ3) is 3.71. The van der Waals surface area contributed by atoms with Crippen LogP contribution < -0.4 is 5.32 Å². The molecular formula is C16H18N2O6S. The predicted molar refractivity (Wildman–Crippen MR) is 89.4 cm³/mol. The average molecular weight is 366 g/mol. The van der Waals surface area contributed by atoms with Gasteiger partial charge in [-0.15, -0.1) is 0 Å². The molecule has 5 N–H and O–H groups in total. The van der Waals surface area contributed by atoms with Gasteiger partial charge in [-0.2, -0.15) is 0 Å². The van der Waals surface area contributed by atoms with Crippen LogP contribution in [0.5, 0.6) is 0 Å². The summed E-state index contributed by atoms with van der Waals surface area (Å²) in [5.41, 5.74) is 0.533. The number of rotatable bonds is 5. The molecule has 0 radical (unpaired) electrons. The van der Waals surface area contributed by atoms with Crippen molar-refractivity contribution in [3.05, 3.63) is 47.0 Å². The highest BCUT2D eigenvalue weighted by atomic mass is 32.1. The van der Waals surface area contributed by atoms with Crippen LogP contribution in [0.4, 0.5) is 5.13 Å². The minimum atomic E-state index is -1.48. The van der Waals surface area contributed by atoms with Crippen LogP contribution in [0.15, 0.2) is 36.5 Å². The maximum atomic E-state index is 12.4. The molecule has 1 aromatic heterocycles. The number of carbonyl (C=O) groups is 1.